The summed E-state index contributed by atoms with van der Waals surface area (Å²) in [5.41, 5.74) is 4.84. The fraction of sp³-hybridized carbons (Fsp3) is 0.545. The number of rotatable bonds is 11. The summed E-state index contributed by atoms with van der Waals surface area (Å²) in [6.07, 6.45) is 3.37. The number of benzene rings is 1. The van der Waals surface area contributed by atoms with Crippen LogP contribution in [0.3, 0.4) is 0 Å². The topological polar surface area (TPSA) is 159 Å². The van der Waals surface area contributed by atoms with Gasteiger partial charge in [-0.3, -0.25) is 14.4 Å². The van der Waals surface area contributed by atoms with Crippen molar-refractivity contribution in [2.75, 3.05) is 11.9 Å². The number of urea groups is 1. The first-order valence-electron chi connectivity index (χ1n) is 10.6. The summed E-state index contributed by atoms with van der Waals surface area (Å²) in [6, 6.07) is 5.98. The van der Waals surface area contributed by atoms with Gasteiger partial charge in [-0.25, -0.2) is 4.79 Å². The maximum Gasteiger partial charge on any atom is 0.317 e. The smallest absolute Gasteiger partial charge is 0.317 e. The van der Waals surface area contributed by atoms with Crippen molar-refractivity contribution < 1.29 is 29.4 Å². The average Bonchev–Trinajstić information content (AvgIpc) is 2.76. The third kappa shape index (κ3) is 6.78. The standard InChI is InChI=1S/C22H31N3O6/c23-21(31)24-12-4-5-16(19(28)25-17-8-6-15(14-26)7-9-17)13-18(27)22(20(29)30)10-2-1-3-11-22/h6-9,16,26H,1-5,10-14H2,(H,25,28)(H,29,30)(H3,23,24,31)/t16-/m1/s1. The van der Waals surface area contributed by atoms with Gasteiger partial charge in [0.15, 0.2) is 5.78 Å². The average molecular weight is 434 g/mol. The molecule has 1 aliphatic rings. The number of nitrogens with two attached hydrogens (primary N) is 1. The van der Waals surface area contributed by atoms with Crippen LogP contribution >= 0.6 is 0 Å². The third-order valence-corrected chi connectivity index (χ3v) is 5.89. The molecule has 1 saturated carbocycles. The highest BCUT2D eigenvalue weighted by Gasteiger charge is 2.47. The molecule has 1 atom stereocenters. The molecular weight excluding hydrogens is 402 g/mol. The molecule has 170 valence electrons. The van der Waals surface area contributed by atoms with Gasteiger partial charge in [0.25, 0.3) is 0 Å². The number of ketones is 1. The van der Waals surface area contributed by atoms with Crippen LogP contribution in [0.15, 0.2) is 24.3 Å². The van der Waals surface area contributed by atoms with E-state index in [4.69, 9.17) is 10.8 Å². The number of carboxylic acid groups (broad SMARTS) is 1. The van der Waals surface area contributed by atoms with Gasteiger partial charge in [0.1, 0.15) is 5.41 Å². The molecule has 3 amide bonds. The van der Waals surface area contributed by atoms with E-state index < -0.39 is 29.1 Å². The van der Waals surface area contributed by atoms with Crippen LogP contribution in [0.5, 0.6) is 0 Å². The number of aliphatic hydroxyl groups excluding tert-OH is 1. The third-order valence-electron chi connectivity index (χ3n) is 5.89. The molecule has 9 heteroatoms. The Labute approximate surface area is 181 Å². The van der Waals surface area contributed by atoms with E-state index in [1.807, 2.05) is 0 Å². The highest BCUT2D eigenvalue weighted by Crippen LogP contribution is 2.39. The molecule has 1 aromatic rings. The first-order valence-corrected chi connectivity index (χ1v) is 10.6. The lowest BCUT2D eigenvalue weighted by Crippen LogP contribution is -2.43. The molecule has 1 fully saturated rings. The number of anilines is 1. The van der Waals surface area contributed by atoms with Crippen LogP contribution in [0.25, 0.3) is 0 Å². The molecule has 0 bridgehead atoms. The minimum absolute atomic E-state index is 0.116. The second-order valence-electron chi connectivity index (χ2n) is 8.05. The number of carboxylic acids is 1. The minimum atomic E-state index is -1.43. The fourth-order valence-electron chi connectivity index (χ4n) is 4.01. The van der Waals surface area contributed by atoms with E-state index in [1.54, 1.807) is 24.3 Å². The molecule has 0 aliphatic heterocycles. The van der Waals surface area contributed by atoms with Gasteiger partial charge in [0.05, 0.1) is 6.61 Å². The molecule has 0 saturated heterocycles. The summed E-state index contributed by atoms with van der Waals surface area (Å²) in [6.45, 7) is 0.137. The van der Waals surface area contributed by atoms with Gasteiger partial charge in [-0.2, -0.15) is 0 Å². The van der Waals surface area contributed by atoms with Crippen molar-refractivity contribution in [3.8, 4) is 0 Å². The Morgan fingerprint density at radius 3 is 2.26 bits per heavy atom. The van der Waals surface area contributed by atoms with E-state index in [2.05, 4.69) is 10.6 Å². The quantitative estimate of drug-likeness (QED) is 0.266. The number of aliphatic hydroxyl groups is 1. The van der Waals surface area contributed by atoms with Crippen LogP contribution in [0, 0.1) is 11.3 Å². The van der Waals surface area contributed by atoms with Gasteiger partial charge < -0.3 is 26.6 Å². The summed E-state index contributed by atoms with van der Waals surface area (Å²) in [4.78, 5) is 48.8. The highest BCUT2D eigenvalue weighted by atomic mass is 16.4. The van der Waals surface area contributed by atoms with E-state index in [-0.39, 0.29) is 25.5 Å². The Bertz CT molecular complexity index is 787. The maximum absolute atomic E-state index is 13.1. The molecular formula is C22H31N3O6. The maximum atomic E-state index is 13.1. The molecule has 0 spiro atoms. The molecule has 0 aromatic heterocycles. The number of nitrogens with one attached hydrogen (secondary N) is 2. The van der Waals surface area contributed by atoms with Crippen molar-refractivity contribution in [1.82, 2.24) is 5.32 Å². The van der Waals surface area contributed by atoms with Crippen molar-refractivity contribution in [2.45, 2.75) is 58.0 Å². The molecule has 1 aliphatic carbocycles. The largest absolute Gasteiger partial charge is 0.480 e. The number of hydrogen-bond acceptors (Lipinski definition) is 5. The molecule has 0 radical (unpaired) electrons. The fourth-order valence-corrected chi connectivity index (χ4v) is 4.01. The predicted octanol–water partition coefficient (Wildman–Crippen LogP) is 2.18. The van der Waals surface area contributed by atoms with E-state index >= 15 is 0 Å². The lowest BCUT2D eigenvalue weighted by molar-refractivity contribution is -0.158. The molecule has 6 N–H and O–H groups in total. The SMILES string of the molecule is NC(=O)NCCC[C@H](CC(=O)C1(C(=O)O)CCCCC1)C(=O)Nc1ccc(CO)cc1. The van der Waals surface area contributed by atoms with E-state index in [1.165, 1.54) is 0 Å². The monoisotopic (exact) mass is 433 g/mol. The normalized spacial score (nSPS) is 16.2. The van der Waals surface area contributed by atoms with Crippen molar-refractivity contribution in [3.05, 3.63) is 29.8 Å². The Morgan fingerprint density at radius 2 is 1.71 bits per heavy atom. The molecule has 1 aromatic carbocycles. The van der Waals surface area contributed by atoms with Gasteiger partial charge >= 0.3 is 12.0 Å². The first kappa shape index (κ1) is 24.3. The Kier molecular flexibility index (Phi) is 8.99. The Balaban J connectivity index is 2.11. The number of amides is 3. The number of carbonyl (C=O) groups is 4. The van der Waals surface area contributed by atoms with E-state index in [9.17, 15) is 24.3 Å². The van der Waals surface area contributed by atoms with Gasteiger partial charge in [-0.05, 0) is 43.4 Å². The van der Waals surface area contributed by atoms with Crippen LogP contribution < -0.4 is 16.4 Å². The number of Topliss-reactive ketones (excluding diaryl/α,β-unsaturated/α-hetero) is 1. The zero-order valence-corrected chi connectivity index (χ0v) is 17.6. The van der Waals surface area contributed by atoms with Crippen LogP contribution in [-0.4, -0.2) is 40.4 Å². The van der Waals surface area contributed by atoms with Gasteiger partial charge in [-0.1, -0.05) is 31.4 Å². The van der Waals surface area contributed by atoms with Crippen LogP contribution in [0.4, 0.5) is 10.5 Å². The Morgan fingerprint density at radius 1 is 1.06 bits per heavy atom. The van der Waals surface area contributed by atoms with Crippen molar-refractivity contribution in [2.24, 2.45) is 17.1 Å². The van der Waals surface area contributed by atoms with Gasteiger partial charge in [0.2, 0.25) is 5.91 Å². The van der Waals surface area contributed by atoms with Crippen LogP contribution in [-0.2, 0) is 21.0 Å². The Hall–Kier alpha value is -2.94. The summed E-state index contributed by atoms with van der Waals surface area (Å²) in [7, 11) is 0. The second kappa shape index (κ2) is 11.5. The lowest BCUT2D eigenvalue weighted by Gasteiger charge is -2.32. The molecule has 31 heavy (non-hydrogen) atoms. The van der Waals surface area contributed by atoms with Crippen LogP contribution in [0.1, 0.15) is 56.9 Å². The second-order valence-corrected chi connectivity index (χ2v) is 8.05. The van der Waals surface area contributed by atoms with E-state index in [0.717, 1.165) is 6.42 Å². The number of hydrogen-bond donors (Lipinski definition) is 5. The number of primary amides is 1. The number of aliphatic carboxylic acids is 1. The zero-order valence-electron chi connectivity index (χ0n) is 17.6. The summed E-state index contributed by atoms with van der Waals surface area (Å²) >= 11 is 0. The van der Waals surface area contributed by atoms with Crippen molar-refractivity contribution in [3.63, 3.8) is 0 Å². The first-order chi connectivity index (χ1) is 14.8. The predicted molar refractivity (Wildman–Crippen MR) is 114 cm³/mol. The molecule has 0 heterocycles. The zero-order chi connectivity index (χ0) is 22.9. The van der Waals surface area contributed by atoms with E-state index in [0.29, 0.717) is 49.8 Å². The number of carbonyl (C=O) groups excluding carboxylic acids is 3. The molecule has 9 nitrogen and oxygen atoms in total. The summed E-state index contributed by atoms with van der Waals surface area (Å²) < 4.78 is 0. The summed E-state index contributed by atoms with van der Waals surface area (Å²) in [5.74, 6) is -2.66. The highest BCUT2D eigenvalue weighted by molar-refractivity contribution is 6.05. The van der Waals surface area contributed by atoms with Gasteiger partial charge in [0, 0.05) is 24.6 Å². The van der Waals surface area contributed by atoms with Crippen molar-refractivity contribution in [1.29, 1.82) is 0 Å². The van der Waals surface area contributed by atoms with Crippen LogP contribution in [0.2, 0.25) is 0 Å². The van der Waals surface area contributed by atoms with Crippen molar-refractivity contribution >= 4 is 29.4 Å². The van der Waals surface area contributed by atoms with Gasteiger partial charge in [-0.15, -0.1) is 0 Å². The molecule has 2 rings (SSSR count). The lowest BCUT2D eigenvalue weighted by atomic mass is 9.69. The summed E-state index contributed by atoms with van der Waals surface area (Å²) in [5, 5.41) is 24.1. The minimum Gasteiger partial charge on any atom is -0.480 e. The molecule has 0 unspecified atom stereocenters.